The topological polar surface area (TPSA) is 102 Å². The zero-order valence-corrected chi connectivity index (χ0v) is 16.9. The van der Waals surface area contributed by atoms with Gasteiger partial charge in [0.25, 0.3) is 5.91 Å². The molecule has 1 aromatic carbocycles. The van der Waals surface area contributed by atoms with Crippen LogP contribution in [0.3, 0.4) is 0 Å². The van der Waals surface area contributed by atoms with Crippen LogP contribution < -0.4 is 5.32 Å². The van der Waals surface area contributed by atoms with E-state index < -0.39 is 15.7 Å². The number of nitrogens with zero attached hydrogens (tertiary/aromatic N) is 1. The number of amides is 1. The highest BCUT2D eigenvalue weighted by Crippen LogP contribution is 2.27. The molecule has 0 fully saturated rings. The van der Waals surface area contributed by atoms with Gasteiger partial charge < -0.3 is 8.83 Å². The van der Waals surface area contributed by atoms with Gasteiger partial charge in [-0.2, -0.15) is 0 Å². The zero-order chi connectivity index (χ0) is 20.4. The lowest BCUT2D eigenvalue weighted by Crippen LogP contribution is -2.10. The number of rotatable bonds is 6. The number of anilines is 1. The molecule has 29 heavy (non-hydrogen) atoms. The Morgan fingerprint density at radius 3 is 2.59 bits per heavy atom. The van der Waals surface area contributed by atoms with Crippen LogP contribution in [0.25, 0.3) is 11.5 Å². The lowest BCUT2D eigenvalue weighted by atomic mass is 10.4. The molecule has 3 heterocycles. The molecular weight excluding hydrogens is 412 g/mol. The van der Waals surface area contributed by atoms with Crippen molar-refractivity contribution in [3.8, 4) is 11.5 Å². The highest BCUT2D eigenvalue weighted by Gasteiger charge is 2.20. The molecule has 0 bridgehead atoms. The maximum Gasteiger partial charge on any atom is 0.293 e. The van der Waals surface area contributed by atoms with Crippen LogP contribution in [0.5, 0.6) is 0 Å². The van der Waals surface area contributed by atoms with E-state index in [1.165, 1.54) is 35.6 Å². The van der Waals surface area contributed by atoms with Crippen LogP contribution in [0.2, 0.25) is 0 Å². The van der Waals surface area contributed by atoms with E-state index in [0.717, 1.165) is 5.76 Å². The summed E-state index contributed by atoms with van der Waals surface area (Å²) in [5, 5.41) is 4.80. The van der Waals surface area contributed by atoms with Gasteiger partial charge in [-0.05, 0) is 43.3 Å². The highest BCUT2D eigenvalue weighted by atomic mass is 32.2. The summed E-state index contributed by atoms with van der Waals surface area (Å²) in [4.78, 5) is 16.9. The molecular formula is C20H16N2O5S2. The molecule has 0 spiro atoms. The number of hydrogen-bond donors (Lipinski definition) is 1. The van der Waals surface area contributed by atoms with Crippen molar-refractivity contribution in [3.05, 3.63) is 77.3 Å². The van der Waals surface area contributed by atoms with Crippen LogP contribution in [0, 0.1) is 6.92 Å². The van der Waals surface area contributed by atoms with E-state index >= 15 is 0 Å². The smallest absolute Gasteiger partial charge is 0.293 e. The van der Waals surface area contributed by atoms with Gasteiger partial charge in [0.2, 0.25) is 0 Å². The fourth-order valence-corrected chi connectivity index (χ4v) is 4.61. The molecule has 0 saturated carbocycles. The van der Waals surface area contributed by atoms with Crippen molar-refractivity contribution in [2.45, 2.75) is 17.6 Å². The Morgan fingerprint density at radius 2 is 1.86 bits per heavy atom. The van der Waals surface area contributed by atoms with Crippen molar-refractivity contribution >= 4 is 32.2 Å². The number of sulfone groups is 1. The lowest BCUT2D eigenvalue weighted by Gasteiger charge is -2.02. The maximum absolute atomic E-state index is 12.4. The number of thiazole rings is 1. The van der Waals surface area contributed by atoms with Gasteiger partial charge in [-0.15, -0.1) is 11.3 Å². The average molecular weight is 428 g/mol. The molecule has 148 valence electrons. The maximum atomic E-state index is 12.4. The largest absolute Gasteiger partial charge is 0.460 e. The second-order valence-corrected chi connectivity index (χ2v) is 9.09. The Kier molecular flexibility index (Phi) is 5.08. The molecule has 0 saturated heterocycles. The van der Waals surface area contributed by atoms with E-state index in [0.29, 0.717) is 16.6 Å². The van der Waals surface area contributed by atoms with Crippen LogP contribution in [0.4, 0.5) is 5.13 Å². The van der Waals surface area contributed by atoms with Crippen LogP contribution in [-0.4, -0.2) is 19.3 Å². The van der Waals surface area contributed by atoms with Crippen molar-refractivity contribution in [3.63, 3.8) is 0 Å². The van der Waals surface area contributed by atoms with Gasteiger partial charge in [0.1, 0.15) is 23.0 Å². The minimum atomic E-state index is -3.56. The minimum absolute atomic E-state index is 0.00820. The third-order valence-electron chi connectivity index (χ3n) is 4.04. The van der Waals surface area contributed by atoms with Gasteiger partial charge in [0, 0.05) is 5.38 Å². The second-order valence-electron chi connectivity index (χ2n) is 6.24. The van der Waals surface area contributed by atoms with E-state index in [1.807, 2.05) is 19.1 Å². The van der Waals surface area contributed by atoms with Gasteiger partial charge in [-0.3, -0.25) is 10.1 Å². The van der Waals surface area contributed by atoms with Crippen molar-refractivity contribution in [1.82, 2.24) is 4.98 Å². The van der Waals surface area contributed by atoms with Crippen molar-refractivity contribution in [1.29, 1.82) is 0 Å². The van der Waals surface area contributed by atoms with E-state index in [2.05, 4.69) is 10.3 Å². The summed E-state index contributed by atoms with van der Waals surface area (Å²) in [6.07, 6.45) is 0. The summed E-state index contributed by atoms with van der Waals surface area (Å²) in [6.45, 7) is 1.84. The summed E-state index contributed by atoms with van der Waals surface area (Å²) < 4.78 is 35.8. The molecule has 0 unspecified atom stereocenters. The molecule has 1 N–H and O–H groups in total. The second kappa shape index (κ2) is 7.69. The predicted molar refractivity (Wildman–Crippen MR) is 109 cm³/mol. The molecule has 7 nitrogen and oxygen atoms in total. The number of carbonyl (C=O) groups excluding carboxylic acids is 1. The van der Waals surface area contributed by atoms with E-state index in [4.69, 9.17) is 8.83 Å². The predicted octanol–water partition coefficient (Wildman–Crippen LogP) is 4.53. The fourth-order valence-electron chi connectivity index (χ4n) is 2.65. The van der Waals surface area contributed by atoms with Gasteiger partial charge in [0.05, 0.1) is 4.90 Å². The summed E-state index contributed by atoms with van der Waals surface area (Å²) in [7, 11) is -3.56. The monoisotopic (exact) mass is 428 g/mol. The molecule has 0 aliphatic rings. The summed E-state index contributed by atoms with van der Waals surface area (Å²) in [6, 6.07) is 14.7. The third-order valence-corrected chi connectivity index (χ3v) is 6.45. The van der Waals surface area contributed by atoms with Gasteiger partial charge in [-0.25, -0.2) is 13.4 Å². The quantitative estimate of drug-likeness (QED) is 0.484. The number of nitrogens with one attached hydrogen (secondary N) is 1. The first-order chi connectivity index (χ1) is 13.9. The SMILES string of the molecule is Cc1ccc(-c2csc(NC(=O)c3ccc(CS(=O)(=O)c4ccccc4)o3)n2)o1. The molecule has 3 aromatic heterocycles. The van der Waals surface area contributed by atoms with Crippen LogP contribution in [-0.2, 0) is 15.6 Å². The van der Waals surface area contributed by atoms with Gasteiger partial charge in [-0.1, -0.05) is 18.2 Å². The molecule has 0 radical (unpaired) electrons. The van der Waals surface area contributed by atoms with Crippen molar-refractivity contribution in [2.24, 2.45) is 0 Å². The Morgan fingerprint density at radius 1 is 1.07 bits per heavy atom. The van der Waals surface area contributed by atoms with Crippen molar-refractivity contribution in [2.75, 3.05) is 5.32 Å². The first kappa shape index (κ1) is 19.2. The van der Waals surface area contributed by atoms with E-state index in [-0.39, 0.29) is 22.2 Å². The molecule has 0 atom stereocenters. The number of aryl methyl sites for hydroxylation is 1. The number of carbonyl (C=O) groups is 1. The lowest BCUT2D eigenvalue weighted by molar-refractivity contribution is 0.0995. The van der Waals surface area contributed by atoms with Crippen molar-refractivity contribution < 1.29 is 22.0 Å². The van der Waals surface area contributed by atoms with E-state index in [1.54, 1.807) is 23.6 Å². The molecule has 4 aromatic rings. The molecule has 9 heteroatoms. The van der Waals surface area contributed by atoms with Crippen LogP contribution >= 0.6 is 11.3 Å². The Hall–Kier alpha value is -3.17. The van der Waals surface area contributed by atoms with E-state index in [9.17, 15) is 13.2 Å². The average Bonchev–Trinajstić information content (AvgIpc) is 3.43. The Labute approximate surface area is 170 Å². The Balaban J connectivity index is 1.44. The number of benzene rings is 1. The number of furan rings is 2. The molecule has 1 amide bonds. The number of aromatic nitrogens is 1. The first-order valence-corrected chi connectivity index (χ1v) is 11.1. The third kappa shape index (κ3) is 4.30. The molecule has 4 rings (SSSR count). The van der Waals surface area contributed by atoms with Crippen LogP contribution in [0.1, 0.15) is 22.1 Å². The zero-order valence-electron chi connectivity index (χ0n) is 15.3. The summed E-state index contributed by atoms with van der Waals surface area (Å²) >= 11 is 1.25. The molecule has 0 aliphatic carbocycles. The fraction of sp³-hybridized carbons (Fsp3) is 0.100. The first-order valence-electron chi connectivity index (χ1n) is 8.61. The standard InChI is InChI=1S/C20H16N2O5S2/c1-13-7-9-17(26-13)16-11-28-20(21-16)22-19(23)18-10-8-14(27-18)12-29(24,25)15-5-3-2-4-6-15/h2-11H,12H2,1H3,(H,21,22,23). The highest BCUT2D eigenvalue weighted by molar-refractivity contribution is 7.90. The van der Waals surface area contributed by atoms with Gasteiger partial charge in [0.15, 0.2) is 26.5 Å². The minimum Gasteiger partial charge on any atom is -0.460 e. The normalized spacial score (nSPS) is 11.5. The number of hydrogen-bond acceptors (Lipinski definition) is 7. The summed E-state index contributed by atoms with van der Waals surface area (Å²) in [5.74, 6) is 0.741. The summed E-state index contributed by atoms with van der Waals surface area (Å²) in [5.41, 5.74) is 0.618. The van der Waals surface area contributed by atoms with Gasteiger partial charge >= 0.3 is 0 Å². The Bertz CT molecular complexity index is 1250. The molecule has 0 aliphatic heterocycles. The van der Waals surface area contributed by atoms with Crippen LogP contribution in [0.15, 0.2) is 73.7 Å².